The number of hydrogen-bond acceptors (Lipinski definition) is 10. The Morgan fingerprint density at radius 3 is 2.53 bits per heavy atom. The van der Waals surface area contributed by atoms with Crippen molar-refractivity contribution in [3.8, 4) is 0 Å². The Bertz CT molecular complexity index is 2550. The molecule has 2 saturated heterocycles. The number of amides is 5. The largest absolute Gasteiger partial charge is 0.385 e. The molecule has 1 unspecified atom stereocenters. The van der Waals surface area contributed by atoms with Crippen LogP contribution in [0.4, 0.5) is 26.4 Å². The molecular weight excluding hydrogens is 752 g/mol. The minimum atomic E-state index is -1.06. The second-order valence-corrected chi connectivity index (χ2v) is 15.1. The maximum atomic E-state index is 13.7. The van der Waals surface area contributed by atoms with Gasteiger partial charge in [-0.15, -0.1) is 5.10 Å². The third-order valence-corrected chi connectivity index (χ3v) is 11.2. The Morgan fingerprint density at radius 1 is 1.00 bits per heavy atom. The highest BCUT2D eigenvalue weighted by Gasteiger charge is 2.39. The van der Waals surface area contributed by atoms with Crippen molar-refractivity contribution >= 4 is 57.6 Å². The van der Waals surface area contributed by atoms with Crippen molar-refractivity contribution in [1.29, 1.82) is 0 Å². The molecule has 3 aliphatic rings. The van der Waals surface area contributed by atoms with Gasteiger partial charge in [-0.3, -0.25) is 33.6 Å². The van der Waals surface area contributed by atoms with E-state index in [2.05, 4.69) is 36.7 Å². The molecule has 1 aliphatic carbocycles. The first kappa shape index (κ1) is 38.3. The number of alkyl halides is 1. The molecule has 0 spiro atoms. The molecular formula is C39H45FN12O6. The third kappa shape index (κ3) is 7.50. The summed E-state index contributed by atoms with van der Waals surface area (Å²) in [7, 11) is 3.38. The highest BCUT2D eigenvalue weighted by Crippen LogP contribution is 2.28. The summed E-state index contributed by atoms with van der Waals surface area (Å²) in [6.07, 6.45) is 6.28. The van der Waals surface area contributed by atoms with Gasteiger partial charge in [0.2, 0.25) is 11.8 Å². The van der Waals surface area contributed by atoms with Gasteiger partial charge in [0.25, 0.3) is 11.5 Å². The SMILES string of the molecule is CNc1cc(Nc2cccn(C3CCN(C(=O)NCCCCc4ccc5c(c4)n(C)c(=O)n5C4CCC(=O)NC4=O)CC3)c2=O)nn2c(C(=O)N[C@@H]3C[C@@H]3F)cnc12. The molecule has 1 saturated carbocycles. The number of halogens is 1. The molecule has 4 aromatic heterocycles. The van der Waals surface area contributed by atoms with Crippen molar-refractivity contribution < 1.29 is 23.6 Å². The van der Waals surface area contributed by atoms with Gasteiger partial charge in [0.15, 0.2) is 17.2 Å². The van der Waals surface area contributed by atoms with Gasteiger partial charge in [-0.25, -0.2) is 23.5 Å². The summed E-state index contributed by atoms with van der Waals surface area (Å²) in [5.74, 6) is -0.987. The number of imidazole rings is 2. The molecule has 2 aliphatic heterocycles. The average Bonchev–Trinajstić information content (AvgIpc) is 3.63. The lowest BCUT2D eigenvalue weighted by Crippen LogP contribution is -2.45. The number of carbonyl (C=O) groups is 4. The lowest BCUT2D eigenvalue weighted by Gasteiger charge is -2.33. The molecule has 5 N–H and O–H groups in total. The fourth-order valence-electron chi connectivity index (χ4n) is 7.86. The number of fused-ring (bicyclic) bond motifs is 2. The van der Waals surface area contributed by atoms with Crippen LogP contribution in [-0.4, -0.2) is 95.8 Å². The fraction of sp³-hybridized carbons (Fsp3) is 0.436. The van der Waals surface area contributed by atoms with Gasteiger partial charge in [0, 0.05) is 64.9 Å². The molecule has 19 heteroatoms. The lowest BCUT2D eigenvalue weighted by molar-refractivity contribution is -0.135. The van der Waals surface area contributed by atoms with Crippen LogP contribution in [-0.2, 0) is 23.1 Å². The first-order valence-corrected chi connectivity index (χ1v) is 19.6. The number of pyridine rings is 1. The van der Waals surface area contributed by atoms with Crippen molar-refractivity contribution in [2.24, 2.45) is 7.05 Å². The number of carbonyl (C=O) groups excluding carboxylic acids is 4. The van der Waals surface area contributed by atoms with E-state index < -0.39 is 30.1 Å². The number of benzene rings is 1. The number of aryl methyl sites for hydroxylation is 2. The Balaban J connectivity index is 0.826. The Morgan fingerprint density at radius 2 is 1.79 bits per heavy atom. The van der Waals surface area contributed by atoms with Crippen molar-refractivity contribution in [2.45, 2.75) is 75.7 Å². The minimum absolute atomic E-state index is 0.120. The van der Waals surface area contributed by atoms with Crippen LogP contribution < -0.4 is 37.8 Å². The van der Waals surface area contributed by atoms with Gasteiger partial charge in [-0.2, -0.15) is 0 Å². The number of nitrogens with one attached hydrogen (secondary N) is 5. The Labute approximate surface area is 330 Å². The Kier molecular flexibility index (Phi) is 10.4. The molecule has 3 atom stereocenters. The second kappa shape index (κ2) is 15.8. The topological polar surface area (TPSA) is 211 Å². The van der Waals surface area contributed by atoms with Crippen molar-refractivity contribution in [2.75, 3.05) is 37.3 Å². The average molecular weight is 797 g/mol. The summed E-state index contributed by atoms with van der Waals surface area (Å²) in [5.41, 5.74) is 3.23. The van der Waals surface area contributed by atoms with E-state index in [1.54, 1.807) is 48.0 Å². The maximum absolute atomic E-state index is 13.7. The van der Waals surface area contributed by atoms with E-state index in [1.807, 2.05) is 18.2 Å². The van der Waals surface area contributed by atoms with Gasteiger partial charge in [-0.05, 0) is 68.4 Å². The number of rotatable bonds is 12. The van der Waals surface area contributed by atoms with E-state index >= 15 is 0 Å². The highest BCUT2D eigenvalue weighted by molar-refractivity contribution is 6.00. The van der Waals surface area contributed by atoms with Crippen LogP contribution in [0.1, 0.15) is 73.1 Å². The van der Waals surface area contributed by atoms with Crippen LogP contribution >= 0.6 is 0 Å². The summed E-state index contributed by atoms with van der Waals surface area (Å²) < 4.78 is 19.5. The summed E-state index contributed by atoms with van der Waals surface area (Å²) in [5, 5.41) is 18.7. The van der Waals surface area contributed by atoms with E-state index in [1.165, 1.54) is 19.8 Å². The van der Waals surface area contributed by atoms with Gasteiger partial charge < -0.3 is 30.7 Å². The van der Waals surface area contributed by atoms with Crippen molar-refractivity contribution in [1.82, 2.24) is 49.1 Å². The van der Waals surface area contributed by atoms with Crippen molar-refractivity contribution in [3.63, 3.8) is 0 Å². The number of aromatic nitrogens is 6. The number of anilines is 3. The molecule has 0 radical (unpaired) electrons. The summed E-state index contributed by atoms with van der Waals surface area (Å²) >= 11 is 0. The monoisotopic (exact) mass is 796 g/mol. The predicted octanol–water partition coefficient (Wildman–Crippen LogP) is 2.52. The highest BCUT2D eigenvalue weighted by atomic mass is 19.1. The molecule has 5 amide bonds. The number of hydrogen-bond donors (Lipinski definition) is 5. The normalized spacial score (nSPS) is 19.6. The third-order valence-electron chi connectivity index (χ3n) is 11.2. The smallest absolute Gasteiger partial charge is 0.329 e. The van der Waals surface area contributed by atoms with E-state index in [0.29, 0.717) is 60.7 Å². The number of imide groups is 1. The standard InChI is InChI=1S/C39H45FN12O6/c1-41-27-20-32(47-52-31(21-43-34(27)52)36(55)45-26-19-24(26)40)44-25-7-5-15-50(37(25)56)23-12-16-49(17-13-23)38(57)42-14-4-3-6-22-8-9-28-30(18-22)48(2)39(58)51(28)29-10-11-33(53)46-35(29)54/h5,7-9,15,18,20-21,23-24,26,29,41H,3-4,6,10-14,16-17,19H2,1-2H3,(H,42,57)(H,44,47)(H,45,55)(H,46,53,54)/t24-,26+,29?/m0/s1. The predicted molar refractivity (Wildman–Crippen MR) is 212 cm³/mol. The zero-order valence-corrected chi connectivity index (χ0v) is 32.2. The lowest BCUT2D eigenvalue weighted by atomic mass is 10.0. The quantitative estimate of drug-likeness (QED) is 0.0920. The molecule has 3 fully saturated rings. The summed E-state index contributed by atoms with van der Waals surface area (Å²) in [6, 6.07) is 9.34. The van der Waals surface area contributed by atoms with Gasteiger partial charge >= 0.3 is 11.7 Å². The number of urea groups is 1. The van der Waals surface area contributed by atoms with Gasteiger partial charge in [-0.1, -0.05) is 6.07 Å². The molecule has 1 aromatic carbocycles. The maximum Gasteiger partial charge on any atom is 0.329 e. The number of piperidine rings is 2. The zero-order valence-electron chi connectivity index (χ0n) is 32.2. The van der Waals surface area contributed by atoms with Crippen LogP contribution in [0.15, 0.2) is 58.4 Å². The molecule has 6 heterocycles. The van der Waals surface area contributed by atoms with E-state index in [0.717, 1.165) is 24.8 Å². The van der Waals surface area contributed by atoms with Gasteiger partial charge in [0.05, 0.1) is 29.0 Å². The number of likely N-dealkylation sites (tertiary alicyclic amines) is 1. The first-order chi connectivity index (χ1) is 28.0. The van der Waals surface area contributed by atoms with E-state index in [4.69, 9.17) is 0 Å². The van der Waals surface area contributed by atoms with Crippen LogP contribution in [0.3, 0.4) is 0 Å². The molecule has 304 valence electrons. The van der Waals surface area contributed by atoms with Crippen LogP contribution in [0, 0.1) is 0 Å². The molecule has 0 bridgehead atoms. The van der Waals surface area contributed by atoms with Crippen LogP contribution in [0.5, 0.6) is 0 Å². The molecule has 18 nitrogen and oxygen atoms in total. The van der Waals surface area contributed by atoms with Gasteiger partial charge in [0.1, 0.15) is 17.9 Å². The van der Waals surface area contributed by atoms with Crippen molar-refractivity contribution in [3.05, 3.63) is 80.9 Å². The fourth-order valence-corrected chi connectivity index (χ4v) is 7.86. The number of unbranched alkanes of at least 4 members (excludes halogenated alkanes) is 1. The number of nitrogens with zero attached hydrogens (tertiary/aromatic N) is 7. The second-order valence-electron chi connectivity index (χ2n) is 15.1. The molecule has 58 heavy (non-hydrogen) atoms. The van der Waals surface area contributed by atoms with Crippen LogP contribution in [0.25, 0.3) is 16.7 Å². The van der Waals surface area contributed by atoms with E-state index in [9.17, 15) is 33.2 Å². The Hall–Kier alpha value is -6.53. The molecule has 5 aromatic rings. The molecule has 8 rings (SSSR count). The zero-order chi connectivity index (χ0) is 40.7. The van der Waals surface area contributed by atoms with Crippen LogP contribution in [0.2, 0.25) is 0 Å². The minimum Gasteiger partial charge on any atom is -0.385 e. The first-order valence-electron chi connectivity index (χ1n) is 19.6. The van der Waals surface area contributed by atoms with E-state index in [-0.39, 0.29) is 59.9 Å². The summed E-state index contributed by atoms with van der Waals surface area (Å²) in [6.45, 7) is 1.46. The summed E-state index contributed by atoms with van der Waals surface area (Å²) in [4.78, 5) is 82.8.